The smallest absolute Gasteiger partial charge is 0.263 e. The first-order valence-electron chi connectivity index (χ1n) is 10.2. The zero-order valence-corrected chi connectivity index (χ0v) is 16.8. The molecule has 1 fully saturated rings. The normalized spacial score (nSPS) is 23.9. The second-order valence-corrected chi connectivity index (χ2v) is 8.48. The van der Waals surface area contributed by atoms with E-state index >= 15 is 0 Å². The van der Waals surface area contributed by atoms with Crippen molar-refractivity contribution >= 4 is 5.91 Å². The minimum absolute atomic E-state index is 0.110. The van der Waals surface area contributed by atoms with Crippen LogP contribution in [-0.2, 0) is 17.6 Å². The average Bonchev–Trinajstić information content (AvgIpc) is 2.64. The number of aryl methyl sites for hydroxylation is 2. The van der Waals surface area contributed by atoms with E-state index in [-0.39, 0.29) is 17.5 Å². The molecule has 2 aliphatic rings. The highest BCUT2D eigenvalue weighted by Crippen LogP contribution is 2.25. The van der Waals surface area contributed by atoms with Gasteiger partial charge < -0.3 is 10.2 Å². The molecule has 3 atom stereocenters. The van der Waals surface area contributed by atoms with Gasteiger partial charge in [0.05, 0.1) is 6.04 Å². The van der Waals surface area contributed by atoms with E-state index in [1.165, 1.54) is 30.4 Å². The van der Waals surface area contributed by atoms with Crippen LogP contribution in [0.5, 0.6) is 0 Å². The summed E-state index contributed by atoms with van der Waals surface area (Å²) in [6.07, 6.45) is 7.74. The van der Waals surface area contributed by atoms with Crippen LogP contribution in [0.25, 0.3) is 0 Å². The van der Waals surface area contributed by atoms with Crippen LogP contribution in [-0.4, -0.2) is 23.9 Å². The quantitative estimate of drug-likeness (QED) is 0.645. The van der Waals surface area contributed by atoms with Gasteiger partial charge in [-0.25, -0.2) is 0 Å². The van der Waals surface area contributed by atoms with Crippen LogP contribution in [0.3, 0.4) is 0 Å². The lowest BCUT2D eigenvalue weighted by Gasteiger charge is -2.34. The Kier molecular flexibility index (Phi) is 6.21. The lowest BCUT2D eigenvalue weighted by atomic mass is 9.89. The topological polar surface area (TPSA) is 56.1 Å². The van der Waals surface area contributed by atoms with Gasteiger partial charge in [-0.15, -0.1) is 0 Å². The van der Waals surface area contributed by atoms with Crippen LogP contribution >= 0.6 is 0 Å². The first kappa shape index (κ1) is 19.5. The van der Waals surface area contributed by atoms with Crippen molar-refractivity contribution in [3.05, 3.63) is 46.7 Å². The first-order chi connectivity index (χ1) is 13.0. The number of rotatable bonds is 4. The zero-order valence-electron chi connectivity index (χ0n) is 16.8. The standard InChI is InChI=1S/C23H31N3O/c1-16-10-17(2)14-26(13-16)15-22(12-24)23(27)25-18(3)20-9-8-19-6-4-5-7-21(19)11-20/h8-9,11,15-18H,4-7,10,13-14H2,1-3H3,(H,25,27)/b22-15-. The number of amides is 1. The lowest BCUT2D eigenvalue weighted by molar-refractivity contribution is -0.117. The first-order valence-corrected chi connectivity index (χ1v) is 10.2. The molecule has 1 amide bonds. The van der Waals surface area contributed by atoms with Crippen molar-refractivity contribution in [1.29, 1.82) is 5.26 Å². The van der Waals surface area contributed by atoms with E-state index in [1.54, 1.807) is 6.20 Å². The number of carbonyl (C=O) groups is 1. The molecule has 1 N–H and O–H groups in total. The maximum absolute atomic E-state index is 12.7. The van der Waals surface area contributed by atoms with Gasteiger partial charge in [-0.1, -0.05) is 32.0 Å². The zero-order chi connectivity index (χ0) is 19.4. The monoisotopic (exact) mass is 365 g/mol. The van der Waals surface area contributed by atoms with Crippen molar-refractivity contribution in [2.75, 3.05) is 13.1 Å². The summed E-state index contributed by atoms with van der Waals surface area (Å²) in [5.74, 6) is 0.887. The van der Waals surface area contributed by atoms with Gasteiger partial charge in [-0.3, -0.25) is 4.79 Å². The van der Waals surface area contributed by atoms with Crippen molar-refractivity contribution in [2.45, 2.75) is 58.9 Å². The van der Waals surface area contributed by atoms with Crippen molar-refractivity contribution in [3.63, 3.8) is 0 Å². The SMILES string of the molecule is CC1CC(C)CN(/C=C(/C#N)C(=O)NC(C)c2ccc3c(c2)CCCC3)C1. The molecule has 27 heavy (non-hydrogen) atoms. The molecular weight excluding hydrogens is 334 g/mol. The van der Waals surface area contributed by atoms with E-state index in [0.717, 1.165) is 31.5 Å². The van der Waals surface area contributed by atoms with Crippen LogP contribution in [0.1, 0.15) is 62.8 Å². The highest BCUT2D eigenvalue weighted by Gasteiger charge is 2.22. The third-order valence-corrected chi connectivity index (χ3v) is 5.79. The maximum atomic E-state index is 12.7. The Bertz CT molecular complexity index is 751. The number of nitriles is 1. The van der Waals surface area contributed by atoms with Gasteiger partial charge in [0, 0.05) is 19.3 Å². The van der Waals surface area contributed by atoms with Crippen LogP contribution in [0.4, 0.5) is 0 Å². The minimum Gasteiger partial charge on any atom is -0.376 e. The minimum atomic E-state index is -0.284. The molecule has 144 valence electrons. The molecule has 3 unspecified atom stereocenters. The van der Waals surface area contributed by atoms with Gasteiger partial charge in [0.25, 0.3) is 5.91 Å². The molecule has 3 rings (SSSR count). The molecule has 1 heterocycles. The van der Waals surface area contributed by atoms with Crippen LogP contribution in [0, 0.1) is 23.2 Å². The van der Waals surface area contributed by atoms with Gasteiger partial charge in [0.1, 0.15) is 11.6 Å². The van der Waals surface area contributed by atoms with Gasteiger partial charge in [-0.2, -0.15) is 5.26 Å². The Morgan fingerprint density at radius 3 is 2.56 bits per heavy atom. The third-order valence-electron chi connectivity index (χ3n) is 5.79. The fourth-order valence-corrected chi connectivity index (χ4v) is 4.52. The van der Waals surface area contributed by atoms with E-state index in [4.69, 9.17) is 0 Å². The summed E-state index contributed by atoms with van der Waals surface area (Å²) >= 11 is 0. The molecule has 1 aliphatic carbocycles. The van der Waals surface area contributed by atoms with Crippen molar-refractivity contribution < 1.29 is 4.79 Å². The molecular formula is C23H31N3O. The van der Waals surface area contributed by atoms with E-state index in [2.05, 4.69) is 48.3 Å². The van der Waals surface area contributed by atoms with Gasteiger partial charge in [-0.05, 0) is 67.6 Å². The molecule has 4 heteroatoms. The molecule has 1 aliphatic heterocycles. The average molecular weight is 366 g/mol. The van der Waals surface area contributed by atoms with Crippen LogP contribution in [0.15, 0.2) is 30.0 Å². The number of fused-ring (bicyclic) bond motifs is 1. The van der Waals surface area contributed by atoms with Gasteiger partial charge in [0.2, 0.25) is 0 Å². The molecule has 0 saturated carbocycles. The van der Waals surface area contributed by atoms with E-state index in [0.29, 0.717) is 11.8 Å². The number of likely N-dealkylation sites (tertiary alicyclic amines) is 1. The molecule has 1 saturated heterocycles. The van der Waals surface area contributed by atoms with E-state index in [9.17, 15) is 10.1 Å². The van der Waals surface area contributed by atoms with Crippen molar-refractivity contribution in [1.82, 2.24) is 10.2 Å². The van der Waals surface area contributed by atoms with Crippen molar-refractivity contribution in [2.24, 2.45) is 11.8 Å². The number of nitrogens with one attached hydrogen (secondary N) is 1. The Labute approximate surface area is 163 Å². The highest BCUT2D eigenvalue weighted by molar-refractivity contribution is 5.97. The maximum Gasteiger partial charge on any atom is 0.263 e. The van der Waals surface area contributed by atoms with Crippen LogP contribution in [0.2, 0.25) is 0 Å². The summed E-state index contributed by atoms with van der Waals surface area (Å²) in [5, 5.41) is 12.5. The predicted octanol–water partition coefficient (Wildman–Crippen LogP) is 4.13. The molecule has 1 aromatic rings. The Morgan fingerprint density at radius 2 is 1.89 bits per heavy atom. The molecule has 4 nitrogen and oxygen atoms in total. The molecule has 1 aromatic carbocycles. The van der Waals surface area contributed by atoms with E-state index < -0.39 is 0 Å². The predicted molar refractivity (Wildman–Crippen MR) is 108 cm³/mol. The fourth-order valence-electron chi connectivity index (χ4n) is 4.52. The number of carbonyl (C=O) groups excluding carboxylic acids is 1. The number of nitrogens with zero attached hydrogens (tertiary/aromatic N) is 2. The van der Waals surface area contributed by atoms with Crippen LogP contribution < -0.4 is 5.32 Å². The Hall–Kier alpha value is -2.28. The summed E-state index contributed by atoms with van der Waals surface area (Å²) in [4.78, 5) is 14.8. The second kappa shape index (κ2) is 8.61. The lowest BCUT2D eigenvalue weighted by Crippen LogP contribution is -2.36. The Morgan fingerprint density at radius 1 is 1.22 bits per heavy atom. The van der Waals surface area contributed by atoms with Gasteiger partial charge >= 0.3 is 0 Å². The largest absolute Gasteiger partial charge is 0.376 e. The summed E-state index contributed by atoms with van der Waals surface area (Å²) in [6, 6.07) is 8.52. The van der Waals surface area contributed by atoms with E-state index in [1.807, 2.05) is 6.92 Å². The molecule has 0 aromatic heterocycles. The molecule has 0 bridgehead atoms. The number of hydrogen-bond acceptors (Lipinski definition) is 3. The fraction of sp³-hybridized carbons (Fsp3) is 0.565. The number of benzene rings is 1. The summed E-state index contributed by atoms with van der Waals surface area (Å²) in [6.45, 7) is 8.25. The molecule has 0 spiro atoms. The number of piperidine rings is 1. The second-order valence-electron chi connectivity index (χ2n) is 8.48. The molecule has 0 radical (unpaired) electrons. The Balaban J connectivity index is 1.67. The van der Waals surface area contributed by atoms with Crippen molar-refractivity contribution in [3.8, 4) is 6.07 Å². The number of hydrogen-bond donors (Lipinski definition) is 1. The summed E-state index contributed by atoms with van der Waals surface area (Å²) < 4.78 is 0. The van der Waals surface area contributed by atoms with Gasteiger partial charge in [0.15, 0.2) is 0 Å². The summed E-state index contributed by atoms with van der Waals surface area (Å²) in [5.41, 5.74) is 4.16. The summed E-state index contributed by atoms with van der Waals surface area (Å²) in [7, 11) is 0. The third kappa shape index (κ3) is 4.91. The highest BCUT2D eigenvalue weighted by atomic mass is 16.1.